The first-order valence-electron chi connectivity index (χ1n) is 7.35. The molecular weight excluding hydrogens is 298 g/mol. The molecule has 2 aliphatic heterocycles. The molecule has 5 nitrogen and oxygen atoms in total. The third-order valence-corrected chi connectivity index (χ3v) is 4.82. The fourth-order valence-corrected chi connectivity index (χ4v) is 3.69. The summed E-state index contributed by atoms with van der Waals surface area (Å²) in [6, 6.07) is 9.35. The van der Waals surface area contributed by atoms with Crippen LogP contribution in [-0.4, -0.2) is 42.1 Å². The minimum Gasteiger partial charge on any atom is -0.508 e. The van der Waals surface area contributed by atoms with Crippen molar-refractivity contribution in [1.82, 2.24) is 4.90 Å². The van der Waals surface area contributed by atoms with Gasteiger partial charge in [0.1, 0.15) is 17.8 Å². The number of amidine groups is 1. The monoisotopic (exact) mass is 315 g/mol. The van der Waals surface area contributed by atoms with Crippen LogP contribution in [0.3, 0.4) is 0 Å². The third-order valence-electron chi connectivity index (χ3n) is 3.91. The zero-order valence-electron chi connectivity index (χ0n) is 12.0. The van der Waals surface area contributed by atoms with Gasteiger partial charge in [-0.25, -0.2) is 4.99 Å². The molecule has 2 aromatic rings. The average Bonchev–Trinajstić information content (AvgIpc) is 3.03. The van der Waals surface area contributed by atoms with Gasteiger partial charge in [-0.15, -0.1) is 11.3 Å². The quantitative estimate of drug-likeness (QED) is 0.849. The number of aromatic hydroxyl groups is 1. The molecule has 1 saturated heterocycles. The fraction of sp³-hybridized carbons (Fsp3) is 0.312. The smallest absolute Gasteiger partial charge is 0.147 e. The van der Waals surface area contributed by atoms with Crippen LogP contribution in [-0.2, 0) is 4.74 Å². The summed E-state index contributed by atoms with van der Waals surface area (Å²) in [6.45, 7) is 3.21. The topological polar surface area (TPSA) is 57.1 Å². The largest absolute Gasteiger partial charge is 0.508 e. The van der Waals surface area contributed by atoms with Crippen molar-refractivity contribution in [2.45, 2.75) is 6.17 Å². The van der Waals surface area contributed by atoms with E-state index in [0.717, 1.165) is 43.4 Å². The van der Waals surface area contributed by atoms with Crippen molar-refractivity contribution < 1.29 is 9.84 Å². The number of ether oxygens (including phenoxy) is 1. The Morgan fingerprint density at radius 2 is 2.14 bits per heavy atom. The van der Waals surface area contributed by atoms with Crippen LogP contribution in [0.25, 0.3) is 0 Å². The van der Waals surface area contributed by atoms with Gasteiger partial charge < -0.3 is 20.1 Å². The lowest BCUT2D eigenvalue weighted by Gasteiger charge is -2.33. The first-order chi connectivity index (χ1) is 10.8. The predicted octanol–water partition coefficient (Wildman–Crippen LogP) is 2.66. The number of morpholine rings is 1. The lowest BCUT2D eigenvalue weighted by Crippen LogP contribution is -2.42. The van der Waals surface area contributed by atoms with Crippen molar-refractivity contribution in [2.24, 2.45) is 4.99 Å². The van der Waals surface area contributed by atoms with Crippen LogP contribution in [0.1, 0.15) is 16.6 Å². The van der Waals surface area contributed by atoms with Crippen LogP contribution in [0.4, 0.5) is 5.69 Å². The van der Waals surface area contributed by atoms with E-state index in [4.69, 9.17) is 9.73 Å². The molecule has 1 aromatic heterocycles. The maximum atomic E-state index is 9.71. The van der Waals surface area contributed by atoms with Gasteiger partial charge >= 0.3 is 0 Å². The second-order valence-corrected chi connectivity index (χ2v) is 6.27. The average molecular weight is 315 g/mol. The van der Waals surface area contributed by atoms with E-state index in [2.05, 4.69) is 21.7 Å². The Morgan fingerprint density at radius 1 is 1.27 bits per heavy atom. The molecule has 22 heavy (non-hydrogen) atoms. The summed E-state index contributed by atoms with van der Waals surface area (Å²) in [5.74, 6) is 1.29. The zero-order chi connectivity index (χ0) is 14.9. The van der Waals surface area contributed by atoms with Gasteiger partial charge in [-0.05, 0) is 23.6 Å². The first kappa shape index (κ1) is 13.6. The zero-order valence-corrected chi connectivity index (χ0v) is 12.8. The molecule has 0 saturated carbocycles. The van der Waals surface area contributed by atoms with E-state index in [1.54, 1.807) is 23.5 Å². The second kappa shape index (κ2) is 5.62. The molecular formula is C16H17N3O2S. The van der Waals surface area contributed by atoms with E-state index >= 15 is 0 Å². The molecule has 1 unspecified atom stereocenters. The van der Waals surface area contributed by atoms with E-state index in [9.17, 15) is 5.11 Å². The minimum absolute atomic E-state index is 0.174. The highest BCUT2D eigenvalue weighted by Gasteiger charge is 2.27. The van der Waals surface area contributed by atoms with Crippen molar-refractivity contribution in [3.8, 4) is 5.75 Å². The molecule has 1 aromatic carbocycles. The van der Waals surface area contributed by atoms with Crippen LogP contribution in [0, 0.1) is 0 Å². The van der Waals surface area contributed by atoms with E-state index in [1.807, 2.05) is 12.1 Å². The Bertz CT molecular complexity index is 707. The van der Waals surface area contributed by atoms with Crippen molar-refractivity contribution in [1.29, 1.82) is 0 Å². The Labute approximate surface area is 132 Å². The number of thiophene rings is 1. The van der Waals surface area contributed by atoms with Gasteiger partial charge in [0.25, 0.3) is 0 Å². The predicted molar refractivity (Wildman–Crippen MR) is 87.7 cm³/mol. The van der Waals surface area contributed by atoms with Crippen LogP contribution in [0.2, 0.25) is 0 Å². The number of benzene rings is 1. The van der Waals surface area contributed by atoms with Gasteiger partial charge in [0.05, 0.1) is 23.8 Å². The number of phenolic OH excluding ortho intramolecular Hbond substituents is 1. The molecule has 0 amide bonds. The standard InChI is InChI=1S/C16H17N3O2S/c20-12-3-1-2-11(10-12)15-17-13-4-9-22-14(13)16(18-15)19-5-7-21-8-6-19/h1-4,9-10,15,17,20H,5-8H2. The number of anilines is 1. The molecule has 0 radical (unpaired) electrons. The van der Waals surface area contributed by atoms with Crippen molar-refractivity contribution in [3.05, 3.63) is 46.2 Å². The molecule has 1 fully saturated rings. The van der Waals surface area contributed by atoms with Crippen LogP contribution >= 0.6 is 11.3 Å². The van der Waals surface area contributed by atoms with E-state index in [1.165, 1.54) is 4.88 Å². The van der Waals surface area contributed by atoms with Gasteiger partial charge in [-0.1, -0.05) is 12.1 Å². The highest BCUT2D eigenvalue weighted by Crippen LogP contribution is 2.35. The number of aliphatic imine (C=N–C) groups is 1. The number of nitrogens with zero attached hydrogens (tertiary/aromatic N) is 2. The number of nitrogens with one attached hydrogen (secondary N) is 1. The maximum Gasteiger partial charge on any atom is 0.147 e. The number of hydrogen-bond donors (Lipinski definition) is 2. The van der Waals surface area contributed by atoms with E-state index < -0.39 is 0 Å². The molecule has 2 N–H and O–H groups in total. The van der Waals surface area contributed by atoms with E-state index in [-0.39, 0.29) is 11.9 Å². The Balaban J connectivity index is 1.72. The fourth-order valence-electron chi connectivity index (χ4n) is 2.81. The second-order valence-electron chi connectivity index (χ2n) is 5.36. The van der Waals surface area contributed by atoms with Gasteiger partial charge in [-0.2, -0.15) is 0 Å². The molecule has 3 heterocycles. The number of fused-ring (bicyclic) bond motifs is 1. The van der Waals surface area contributed by atoms with Gasteiger partial charge in [0.15, 0.2) is 0 Å². The molecule has 6 heteroatoms. The summed E-state index contributed by atoms with van der Waals surface area (Å²) in [5.41, 5.74) is 2.07. The summed E-state index contributed by atoms with van der Waals surface area (Å²) in [4.78, 5) is 8.37. The lowest BCUT2D eigenvalue weighted by molar-refractivity contribution is 0.0681. The van der Waals surface area contributed by atoms with Gasteiger partial charge in [0, 0.05) is 18.7 Å². The van der Waals surface area contributed by atoms with Crippen molar-refractivity contribution in [3.63, 3.8) is 0 Å². The molecule has 0 bridgehead atoms. The number of phenols is 1. The van der Waals surface area contributed by atoms with Gasteiger partial charge in [-0.3, -0.25) is 0 Å². The molecule has 114 valence electrons. The van der Waals surface area contributed by atoms with Crippen molar-refractivity contribution >= 4 is 22.9 Å². The highest BCUT2D eigenvalue weighted by atomic mass is 32.1. The van der Waals surface area contributed by atoms with Crippen LogP contribution < -0.4 is 5.32 Å². The SMILES string of the molecule is Oc1cccc(C2N=C(N3CCOCC3)c3sccc3N2)c1. The molecule has 1 atom stereocenters. The number of rotatable bonds is 1. The van der Waals surface area contributed by atoms with Crippen LogP contribution in [0.15, 0.2) is 40.7 Å². The maximum absolute atomic E-state index is 9.71. The Hall–Kier alpha value is -2.05. The van der Waals surface area contributed by atoms with E-state index in [0.29, 0.717) is 0 Å². The normalized spacial score (nSPS) is 21.0. The third kappa shape index (κ3) is 2.44. The Kier molecular flexibility index (Phi) is 3.48. The first-order valence-corrected chi connectivity index (χ1v) is 8.23. The molecule has 0 aliphatic carbocycles. The lowest BCUT2D eigenvalue weighted by atomic mass is 10.1. The summed E-state index contributed by atoms with van der Waals surface area (Å²) in [5, 5.41) is 15.2. The van der Waals surface area contributed by atoms with Crippen molar-refractivity contribution in [2.75, 3.05) is 31.6 Å². The van der Waals surface area contributed by atoms with Gasteiger partial charge in [0.2, 0.25) is 0 Å². The van der Waals surface area contributed by atoms with Crippen LogP contribution in [0.5, 0.6) is 5.75 Å². The summed E-state index contributed by atoms with van der Waals surface area (Å²) < 4.78 is 5.45. The number of hydrogen-bond acceptors (Lipinski definition) is 6. The summed E-state index contributed by atoms with van der Waals surface area (Å²) in [7, 11) is 0. The molecule has 4 rings (SSSR count). The Morgan fingerprint density at radius 3 is 2.95 bits per heavy atom. The summed E-state index contributed by atoms with van der Waals surface area (Å²) >= 11 is 1.70. The summed E-state index contributed by atoms with van der Waals surface area (Å²) in [6.07, 6.45) is -0.174. The highest BCUT2D eigenvalue weighted by molar-refractivity contribution is 7.12. The molecule has 2 aliphatic rings. The minimum atomic E-state index is -0.174. The molecule has 0 spiro atoms.